The number of benzene rings is 1. The van der Waals surface area contributed by atoms with Gasteiger partial charge in [-0.25, -0.2) is 9.59 Å². The van der Waals surface area contributed by atoms with E-state index < -0.39 is 35.6 Å². The largest absolute Gasteiger partial charge is 0.337 e. The van der Waals surface area contributed by atoms with E-state index in [0.717, 1.165) is 0 Å². The summed E-state index contributed by atoms with van der Waals surface area (Å²) in [5, 5.41) is 0.960. The number of hydrogen-bond acceptors (Lipinski definition) is 8. The third kappa shape index (κ3) is 4.40. The van der Waals surface area contributed by atoms with Gasteiger partial charge in [0.1, 0.15) is 0 Å². The first-order chi connectivity index (χ1) is 13.3. The van der Waals surface area contributed by atoms with Crippen LogP contribution in [0.2, 0.25) is 0 Å². The molecule has 2 aliphatic heterocycles. The van der Waals surface area contributed by atoms with Crippen molar-refractivity contribution in [2.45, 2.75) is 38.5 Å². The Morgan fingerprint density at radius 1 is 0.643 bits per heavy atom. The van der Waals surface area contributed by atoms with Crippen LogP contribution in [0.25, 0.3) is 0 Å². The summed E-state index contributed by atoms with van der Waals surface area (Å²) in [6, 6.07) is 6.29. The fourth-order valence-corrected chi connectivity index (χ4v) is 2.69. The molecule has 1 aromatic rings. The number of hydroxylamine groups is 4. The lowest BCUT2D eigenvalue weighted by molar-refractivity contribution is -0.197. The smallest absolute Gasteiger partial charge is 0.330 e. The molecular formula is C18H16N2O8. The van der Waals surface area contributed by atoms with Gasteiger partial charge in [0.05, 0.1) is 12.8 Å². The van der Waals surface area contributed by atoms with Crippen LogP contribution in [-0.4, -0.2) is 45.7 Å². The highest BCUT2D eigenvalue weighted by molar-refractivity contribution is 6.02. The van der Waals surface area contributed by atoms with Crippen LogP contribution >= 0.6 is 0 Å². The van der Waals surface area contributed by atoms with Gasteiger partial charge in [-0.05, 0) is 11.1 Å². The lowest BCUT2D eigenvalue weighted by Crippen LogP contribution is -2.32. The average molecular weight is 388 g/mol. The number of nitrogens with zero attached hydrogens (tertiary/aromatic N) is 2. The van der Waals surface area contributed by atoms with E-state index in [0.29, 0.717) is 21.3 Å². The highest BCUT2D eigenvalue weighted by atomic mass is 16.7. The molecule has 2 heterocycles. The van der Waals surface area contributed by atoms with Crippen LogP contribution in [0, 0.1) is 0 Å². The predicted molar refractivity (Wildman–Crippen MR) is 88.2 cm³/mol. The molecule has 2 aliphatic rings. The topological polar surface area (TPSA) is 127 Å². The third-order valence-corrected chi connectivity index (χ3v) is 4.12. The number of hydrogen-bond donors (Lipinski definition) is 0. The Kier molecular flexibility index (Phi) is 5.48. The van der Waals surface area contributed by atoms with E-state index in [1.165, 1.54) is 0 Å². The van der Waals surface area contributed by atoms with Gasteiger partial charge in [-0.3, -0.25) is 19.2 Å². The second-order valence-electron chi connectivity index (χ2n) is 6.26. The zero-order chi connectivity index (χ0) is 20.3. The molecule has 0 unspecified atom stereocenters. The monoisotopic (exact) mass is 388 g/mol. The maximum Gasteiger partial charge on any atom is 0.337 e. The third-order valence-electron chi connectivity index (χ3n) is 4.12. The molecule has 28 heavy (non-hydrogen) atoms. The highest BCUT2D eigenvalue weighted by Crippen LogP contribution is 2.15. The number of amides is 4. The molecule has 2 saturated heterocycles. The van der Waals surface area contributed by atoms with Crippen molar-refractivity contribution in [1.82, 2.24) is 10.1 Å². The summed E-state index contributed by atoms with van der Waals surface area (Å²) in [7, 11) is 0. The molecule has 0 aromatic heterocycles. The number of rotatable bonds is 6. The maximum absolute atomic E-state index is 11.9. The Balaban J connectivity index is 1.50. The molecule has 0 saturated carbocycles. The minimum absolute atomic E-state index is 0.0194. The Morgan fingerprint density at radius 3 is 1.21 bits per heavy atom. The summed E-state index contributed by atoms with van der Waals surface area (Å²) < 4.78 is 0. The molecule has 3 rings (SSSR count). The standard InChI is InChI=1S/C18H16N2O8/c21-13-5-6-14(22)19(13)27-17(25)9-11-1-2-12(4-3-11)10-18(26)28-20-15(23)7-8-16(20)24/h1-4H,5-10H2. The Hall–Kier alpha value is -3.56. The predicted octanol–water partition coefficient (Wildman–Crippen LogP) is -0.0140. The second kappa shape index (κ2) is 7.99. The summed E-state index contributed by atoms with van der Waals surface area (Å²) >= 11 is 0. The second-order valence-corrected chi connectivity index (χ2v) is 6.26. The Labute approximate surface area is 158 Å². The van der Waals surface area contributed by atoms with Crippen molar-refractivity contribution >= 4 is 35.6 Å². The van der Waals surface area contributed by atoms with Crippen LogP contribution in [0.5, 0.6) is 0 Å². The minimum Gasteiger partial charge on any atom is -0.330 e. The van der Waals surface area contributed by atoms with Crippen LogP contribution in [-0.2, 0) is 51.3 Å². The van der Waals surface area contributed by atoms with Gasteiger partial charge in [-0.1, -0.05) is 24.3 Å². The normalized spacial score (nSPS) is 16.7. The molecule has 146 valence electrons. The van der Waals surface area contributed by atoms with Crippen LogP contribution in [0.4, 0.5) is 0 Å². The van der Waals surface area contributed by atoms with Crippen molar-refractivity contribution in [2.24, 2.45) is 0 Å². The quantitative estimate of drug-likeness (QED) is 0.623. The lowest BCUT2D eigenvalue weighted by Gasteiger charge is -2.13. The van der Waals surface area contributed by atoms with Gasteiger partial charge in [-0.2, -0.15) is 0 Å². The van der Waals surface area contributed by atoms with E-state index in [4.69, 9.17) is 9.68 Å². The summed E-state index contributed by atoms with van der Waals surface area (Å²) in [5.74, 6) is -3.74. The Morgan fingerprint density at radius 2 is 0.929 bits per heavy atom. The van der Waals surface area contributed by atoms with Crippen LogP contribution in [0.15, 0.2) is 24.3 Å². The summed E-state index contributed by atoms with van der Waals surface area (Å²) in [4.78, 5) is 79.0. The molecule has 2 fully saturated rings. The van der Waals surface area contributed by atoms with Crippen LogP contribution in [0.1, 0.15) is 36.8 Å². The fourth-order valence-electron chi connectivity index (χ4n) is 2.69. The van der Waals surface area contributed by atoms with E-state index in [1.54, 1.807) is 24.3 Å². The molecule has 1 aromatic carbocycles. The maximum atomic E-state index is 11.9. The lowest BCUT2D eigenvalue weighted by atomic mass is 10.1. The molecule has 10 heteroatoms. The fraction of sp³-hybridized carbons (Fsp3) is 0.333. The first-order valence-corrected chi connectivity index (χ1v) is 8.54. The van der Waals surface area contributed by atoms with E-state index in [2.05, 4.69) is 0 Å². The van der Waals surface area contributed by atoms with Crippen molar-refractivity contribution in [3.63, 3.8) is 0 Å². The van der Waals surface area contributed by atoms with Gasteiger partial charge in [0.25, 0.3) is 23.6 Å². The number of imide groups is 2. The molecule has 0 aliphatic carbocycles. The molecule has 0 spiro atoms. The zero-order valence-electron chi connectivity index (χ0n) is 14.7. The molecule has 0 radical (unpaired) electrons. The van der Waals surface area contributed by atoms with Crippen molar-refractivity contribution < 1.29 is 38.4 Å². The number of carbonyl (C=O) groups excluding carboxylic acids is 6. The van der Waals surface area contributed by atoms with Crippen LogP contribution in [0.3, 0.4) is 0 Å². The summed E-state index contributed by atoms with van der Waals surface area (Å²) in [6.45, 7) is 0. The van der Waals surface area contributed by atoms with E-state index >= 15 is 0 Å². The molecule has 0 atom stereocenters. The van der Waals surface area contributed by atoms with Gasteiger partial charge in [0.2, 0.25) is 0 Å². The molecule has 0 bridgehead atoms. The SMILES string of the molecule is O=C(Cc1ccc(CC(=O)ON2C(=O)CCC2=O)cc1)ON1C(=O)CCC1=O. The Bertz CT molecular complexity index is 758. The summed E-state index contributed by atoms with van der Waals surface area (Å²) in [5.41, 5.74) is 1.09. The van der Waals surface area contributed by atoms with E-state index in [-0.39, 0.29) is 38.5 Å². The van der Waals surface area contributed by atoms with Crippen molar-refractivity contribution in [3.8, 4) is 0 Å². The van der Waals surface area contributed by atoms with Crippen molar-refractivity contribution in [3.05, 3.63) is 35.4 Å². The minimum atomic E-state index is -0.762. The molecule has 10 nitrogen and oxygen atoms in total. The van der Waals surface area contributed by atoms with Gasteiger partial charge in [0.15, 0.2) is 0 Å². The van der Waals surface area contributed by atoms with Gasteiger partial charge < -0.3 is 9.68 Å². The van der Waals surface area contributed by atoms with E-state index in [1.807, 2.05) is 0 Å². The first-order valence-electron chi connectivity index (χ1n) is 8.54. The van der Waals surface area contributed by atoms with Crippen molar-refractivity contribution in [1.29, 1.82) is 0 Å². The average Bonchev–Trinajstić information content (AvgIpc) is 3.13. The van der Waals surface area contributed by atoms with Crippen LogP contribution < -0.4 is 0 Å². The van der Waals surface area contributed by atoms with Gasteiger partial charge >= 0.3 is 11.9 Å². The zero-order valence-corrected chi connectivity index (χ0v) is 14.7. The summed E-state index contributed by atoms with van der Waals surface area (Å²) in [6.07, 6.45) is -0.259. The molecule has 4 amide bonds. The van der Waals surface area contributed by atoms with Crippen molar-refractivity contribution in [2.75, 3.05) is 0 Å². The van der Waals surface area contributed by atoms with Gasteiger partial charge in [0, 0.05) is 25.7 Å². The number of carbonyl (C=O) groups is 6. The van der Waals surface area contributed by atoms with E-state index in [9.17, 15) is 28.8 Å². The molecule has 0 N–H and O–H groups in total. The molecular weight excluding hydrogens is 372 g/mol. The first kappa shape index (κ1) is 19.2. The van der Waals surface area contributed by atoms with Gasteiger partial charge in [-0.15, -0.1) is 10.1 Å². The highest BCUT2D eigenvalue weighted by Gasteiger charge is 2.33.